The Balaban J connectivity index is 2.18. The predicted molar refractivity (Wildman–Crippen MR) is 77.4 cm³/mol. The first kappa shape index (κ1) is 12.4. The molecule has 0 saturated carbocycles. The van der Waals surface area contributed by atoms with Crippen LogP contribution in [0.1, 0.15) is 23.7 Å². The second kappa shape index (κ2) is 5.06. The van der Waals surface area contributed by atoms with Crippen LogP contribution in [0.5, 0.6) is 0 Å². The van der Waals surface area contributed by atoms with Gasteiger partial charge in [-0.05, 0) is 32.0 Å². The first-order valence-corrected chi connectivity index (χ1v) is 6.97. The number of halogens is 1. The largest absolute Gasteiger partial charge is 0.397 e. The molecule has 0 aliphatic heterocycles. The molecular weight excluding hydrogens is 298 g/mol. The molecule has 1 unspecified atom stereocenters. The summed E-state index contributed by atoms with van der Waals surface area (Å²) in [5.74, 6) is 0. The standard InChI is InChI=1S/C12H14BrN3S/c1-7-6-17-12(15-7)8(2)16-11-5-9(13)3-4-10(11)14/h3-6,8,16H,14H2,1-2H3. The van der Waals surface area contributed by atoms with Gasteiger partial charge in [0.05, 0.1) is 17.4 Å². The monoisotopic (exact) mass is 311 g/mol. The average molecular weight is 312 g/mol. The van der Waals surface area contributed by atoms with E-state index in [0.717, 1.165) is 26.5 Å². The molecule has 1 aromatic carbocycles. The van der Waals surface area contributed by atoms with Crippen molar-refractivity contribution in [2.75, 3.05) is 11.1 Å². The highest BCUT2D eigenvalue weighted by atomic mass is 79.9. The third-order valence-corrected chi connectivity index (χ3v) is 4.03. The molecule has 2 aromatic rings. The lowest BCUT2D eigenvalue weighted by Crippen LogP contribution is -2.08. The molecule has 90 valence electrons. The Morgan fingerprint density at radius 1 is 1.47 bits per heavy atom. The van der Waals surface area contributed by atoms with Gasteiger partial charge in [0, 0.05) is 15.5 Å². The molecule has 0 aliphatic carbocycles. The van der Waals surface area contributed by atoms with E-state index in [4.69, 9.17) is 5.73 Å². The zero-order valence-corrected chi connectivity index (χ0v) is 12.1. The van der Waals surface area contributed by atoms with Gasteiger partial charge in [0.2, 0.25) is 0 Å². The molecule has 0 saturated heterocycles. The van der Waals surface area contributed by atoms with Crippen molar-refractivity contribution < 1.29 is 0 Å². The summed E-state index contributed by atoms with van der Waals surface area (Å²) in [7, 11) is 0. The Morgan fingerprint density at radius 3 is 2.88 bits per heavy atom. The maximum absolute atomic E-state index is 5.92. The van der Waals surface area contributed by atoms with Gasteiger partial charge in [-0.25, -0.2) is 4.98 Å². The van der Waals surface area contributed by atoms with E-state index in [-0.39, 0.29) is 6.04 Å². The Morgan fingerprint density at radius 2 is 2.24 bits per heavy atom. The number of nitrogens with two attached hydrogens (primary N) is 1. The van der Waals surface area contributed by atoms with Crippen molar-refractivity contribution in [3.05, 3.63) is 38.8 Å². The molecule has 0 amide bonds. The maximum Gasteiger partial charge on any atom is 0.115 e. The Bertz CT molecular complexity index is 524. The average Bonchev–Trinajstić information content (AvgIpc) is 2.70. The van der Waals surface area contributed by atoms with Crippen LogP contribution >= 0.6 is 27.3 Å². The van der Waals surface area contributed by atoms with Gasteiger partial charge < -0.3 is 11.1 Å². The third-order valence-electron chi connectivity index (χ3n) is 2.39. The topological polar surface area (TPSA) is 50.9 Å². The number of aromatic nitrogens is 1. The molecule has 3 N–H and O–H groups in total. The summed E-state index contributed by atoms with van der Waals surface area (Å²) in [6.07, 6.45) is 0. The lowest BCUT2D eigenvalue weighted by molar-refractivity contribution is 0.864. The van der Waals surface area contributed by atoms with Gasteiger partial charge in [0.15, 0.2) is 0 Å². The van der Waals surface area contributed by atoms with Gasteiger partial charge in [-0.2, -0.15) is 0 Å². The molecular formula is C12H14BrN3S. The molecule has 1 aromatic heterocycles. The van der Waals surface area contributed by atoms with Crippen LogP contribution in [0.2, 0.25) is 0 Å². The van der Waals surface area contributed by atoms with Crippen LogP contribution < -0.4 is 11.1 Å². The van der Waals surface area contributed by atoms with Crippen LogP contribution in [0.25, 0.3) is 0 Å². The maximum atomic E-state index is 5.92. The van der Waals surface area contributed by atoms with E-state index in [1.165, 1.54) is 0 Å². The van der Waals surface area contributed by atoms with Crippen LogP contribution in [0, 0.1) is 6.92 Å². The fourth-order valence-electron chi connectivity index (χ4n) is 1.52. The van der Waals surface area contributed by atoms with E-state index in [1.807, 2.05) is 25.1 Å². The second-order valence-corrected chi connectivity index (χ2v) is 5.73. The molecule has 2 rings (SSSR count). The summed E-state index contributed by atoms with van der Waals surface area (Å²) >= 11 is 5.10. The fraction of sp³-hybridized carbons (Fsp3) is 0.250. The Kier molecular flexibility index (Phi) is 3.69. The van der Waals surface area contributed by atoms with E-state index in [2.05, 4.69) is 38.5 Å². The molecule has 1 atom stereocenters. The van der Waals surface area contributed by atoms with E-state index in [9.17, 15) is 0 Å². The van der Waals surface area contributed by atoms with Crippen molar-refractivity contribution in [1.29, 1.82) is 0 Å². The molecule has 5 heteroatoms. The highest BCUT2D eigenvalue weighted by Gasteiger charge is 2.10. The van der Waals surface area contributed by atoms with Crippen molar-refractivity contribution in [1.82, 2.24) is 4.98 Å². The van der Waals surface area contributed by atoms with E-state index in [1.54, 1.807) is 11.3 Å². The van der Waals surface area contributed by atoms with Crippen molar-refractivity contribution >= 4 is 38.6 Å². The van der Waals surface area contributed by atoms with Gasteiger partial charge in [-0.1, -0.05) is 15.9 Å². The number of nitrogens with one attached hydrogen (secondary N) is 1. The van der Waals surface area contributed by atoms with Crippen molar-refractivity contribution in [3.63, 3.8) is 0 Å². The number of benzene rings is 1. The van der Waals surface area contributed by atoms with Crippen LogP contribution in [0.3, 0.4) is 0 Å². The van der Waals surface area contributed by atoms with E-state index in [0.29, 0.717) is 0 Å². The van der Waals surface area contributed by atoms with Gasteiger partial charge in [0.1, 0.15) is 5.01 Å². The Hall–Kier alpha value is -1.07. The number of anilines is 2. The molecule has 1 heterocycles. The molecule has 0 fully saturated rings. The van der Waals surface area contributed by atoms with Gasteiger partial charge in [0.25, 0.3) is 0 Å². The molecule has 17 heavy (non-hydrogen) atoms. The smallest absolute Gasteiger partial charge is 0.115 e. The number of thiazole rings is 1. The number of hydrogen-bond acceptors (Lipinski definition) is 4. The SMILES string of the molecule is Cc1csc(C(C)Nc2cc(Br)ccc2N)n1. The summed E-state index contributed by atoms with van der Waals surface area (Å²) in [5.41, 5.74) is 8.65. The van der Waals surface area contributed by atoms with Crippen LogP contribution in [-0.4, -0.2) is 4.98 Å². The zero-order valence-electron chi connectivity index (χ0n) is 9.70. The van der Waals surface area contributed by atoms with Gasteiger partial charge >= 0.3 is 0 Å². The van der Waals surface area contributed by atoms with E-state index < -0.39 is 0 Å². The van der Waals surface area contributed by atoms with Crippen LogP contribution in [-0.2, 0) is 0 Å². The van der Waals surface area contributed by atoms with Gasteiger partial charge in [-0.3, -0.25) is 0 Å². The van der Waals surface area contributed by atoms with E-state index >= 15 is 0 Å². The molecule has 0 aliphatic rings. The summed E-state index contributed by atoms with van der Waals surface area (Å²) in [5, 5.41) is 6.50. The number of aryl methyl sites for hydroxylation is 1. The zero-order chi connectivity index (χ0) is 12.4. The fourth-order valence-corrected chi connectivity index (χ4v) is 2.68. The summed E-state index contributed by atoms with van der Waals surface area (Å²) < 4.78 is 1.01. The number of hydrogen-bond donors (Lipinski definition) is 2. The number of nitrogen functional groups attached to an aromatic ring is 1. The first-order chi connectivity index (χ1) is 8.06. The highest BCUT2D eigenvalue weighted by Crippen LogP contribution is 2.28. The summed E-state index contributed by atoms with van der Waals surface area (Å²) in [4.78, 5) is 4.46. The Labute approximate surface area is 113 Å². The van der Waals surface area contributed by atoms with Crippen molar-refractivity contribution in [2.24, 2.45) is 0 Å². The van der Waals surface area contributed by atoms with Gasteiger partial charge in [-0.15, -0.1) is 11.3 Å². The minimum absolute atomic E-state index is 0.158. The second-order valence-electron chi connectivity index (χ2n) is 3.92. The number of rotatable bonds is 3. The predicted octanol–water partition coefficient (Wildman–Crippen LogP) is 3.97. The van der Waals surface area contributed by atoms with Crippen molar-refractivity contribution in [2.45, 2.75) is 19.9 Å². The minimum atomic E-state index is 0.158. The van der Waals surface area contributed by atoms with Crippen LogP contribution in [0.15, 0.2) is 28.1 Å². The molecule has 0 spiro atoms. The lowest BCUT2D eigenvalue weighted by atomic mass is 10.2. The lowest BCUT2D eigenvalue weighted by Gasteiger charge is -2.14. The minimum Gasteiger partial charge on any atom is -0.397 e. The number of nitrogens with zero attached hydrogens (tertiary/aromatic N) is 1. The summed E-state index contributed by atoms with van der Waals surface area (Å²) in [6.45, 7) is 4.08. The molecule has 3 nitrogen and oxygen atoms in total. The summed E-state index contributed by atoms with van der Waals surface area (Å²) in [6, 6.07) is 5.95. The van der Waals surface area contributed by atoms with Crippen molar-refractivity contribution in [3.8, 4) is 0 Å². The first-order valence-electron chi connectivity index (χ1n) is 5.30. The molecule has 0 bridgehead atoms. The molecule has 0 radical (unpaired) electrons. The normalized spacial score (nSPS) is 12.4. The van der Waals surface area contributed by atoms with Crippen LogP contribution in [0.4, 0.5) is 11.4 Å². The highest BCUT2D eigenvalue weighted by molar-refractivity contribution is 9.10. The quantitative estimate of drug-likeness (QED) is 0.843. The third kappa shape index (κ3) is 2.98.